The summed E-state index contributed by atoms with van der Waals surface area (Å²) in [5, 5.41) is 1.50. The maximum absolute atomic E-state index is 12.9. The summed E-state index contributed by atoms with van der Waals surface area (Å²) in [6.07, 6.45) is 4.33. The molecule has 8 heteroatoms. The van der Waals surface area contributed by atoms with Crippen molar-refractivity contribution in [2.45, 2.75) is 37.5 Å². The van der Waals surface area contributed by atoms with Crippen molar-refractivity contribution >= 4 is 44.9 Å². The van der Waals surface area contributed by atoms with E-state index in [2.05, 4.69) is 4.98 Å². The molecule has 0 atom stereocenters. The molecule has 1 aliphatic rings. The summed E-state index contributed by atoms with van der Waals surface area (Å²) in [4.78, 5) is 24.0. The van der Waals surface area contributed by atoms with Gasteiger partial charge in [0.05, 0.1) is 18.6 Å². The molecule has 0 spiro atoms. The van der Waals surface area contributed by atoms with Gasteiger partial charge in [-0.2, -0.15) is 0 Å². The van der Waals surface area contributed by atoms with Crippen molar-refractivity contribution in [2.75, 3.05) is 19.0 Å². The van der Waals surface area contributed by atoms with Crippen LogP contribution in [0.25, 0.3) is 21.6 Å². The van der Waals surface area contributed by atoms with E-state index in [9.17, 15) is 4.79 Å². The lowest BCUT2D eigenvalue weighted by Gasteiger charge is -2.13. The summed E-state index contributed by atoms with van der Waals surface area (Å²) in [7, 11) is 0. The Morgan fingerprint density at radius 3 is 2.74 bits per heavy atom. The maximum atomic E-state index is 12.9. The molecule has 0 bridgehead atoms. The lowest BCUT2D eigenvalue weighted by atomic mass is 9.97. The van der Waals surface area contributed by atoms with Crippen molar-refractivity contribution in [3.63, 3.8) is 0 Å². The van der Waals surface area contributed by atoms with Crippen LogP contribution < -0.4 is 15.0 Å². The van der Waals surface area contributed by atoms with Crippen LogP contribution in [0, 0.1) is 0 Å². The summed E-state index contributed by atoms with van der Waals surface area (Å²) < 4.78 is 11.9. The van der Waals surface area contributed by atoms with Crippen LogP contribution in [0.3, 0.4) is 0 Å². The second kappa shape index (κ2) is 10.4. The van der Waals surface area contributed by atoms with Gasteiger partial charge in [0.25, 0.3) is 5.56 Å². The maximum Gasteiger partial charge on any atom is 0.260 e. The van der Waals surface area contributed by atoms with Crippen LogP contribution in [0.15, 0.2) is 52.2 Å². The van der Waals surface area contributed by atoms with Gasteiger partial charge < -0.3 is 14.5 Å². The number of hydrogen-bond donors (Lipinski definition) is 1. The average Bonchev–Trinajstić information content (AvgIpc) is 3.23. The number of ether oxygens (including phenoxy) is 2. The first-order valence-corrected chi connectivity index (χ1v) is 13.6. The Morgan fingerprint density at radius 1 is 1.09 bits per heavy atom. The summed E-state index contributed by atoms with van der Waals surface area (Å²) in [6.45, 7) is 2.99. The number of nitrogens with one attached hydrogen (secondary N) is 1. The third kappa shape index (κ3) is 4.97. The number of aryl methyl sites for hydroxylation is 2. The van der Waals surface area contributed by atoms with Crippen LogP contribution in [-0.4, -0.2) is 28.9 Å². The zero-order valence-corrected chi connectivity index (χ0v) is 21.2. The van der Waals surface area contributed by atoms with E-state index in [4.69, 9.17) is 26.1 Å². The highest BCUT2D eigenvalue weighted by Gasteiger charge is 2.20. The summed E-state index contributed by atoms with van der Waals surface area (Å²) >= 11 is 9.31. The minimum absolute atomic E-state index is 0.0584. The van der Waals surface area contributed by atoms with E-state index in [1.54, 1.807) is 23.1 Å². The SMILES string of the molecule is CCOc1cc(-c2nc3sc4c(c3c(=O)[nH]2)CCCC4)ccc1OCCSc1ccc(Cl)cc1. The predicted molar refractivity (Wildman–Crippen MR) is 141 cm³/mol. The van der Waals surface area contributed by atoms with E-state index in [1.165, 1.54) is 16.9 Å². The van der Waals surface area contributed by atoms with Gasteiger partial charge in [-0.05, 0) is 80.6 Å². The van der Waals surface area contributed by atoms with Gasteiger partial charge in [0.1, 0.15) is 10.7 Å². The molecule has 0 amide bonds. The number of halogens is 1. The number of H-pyrrole nitrogens is 1. The molecule has 2 aromatic heterocycles. The van der Waals surface area contributed by atoms with Crippen LogP contribution >= 0.6 is 34.7 Å². The number of benzene rings is 2. The summed E-state index contributed by atoms with van der Waals surface area (Å²) in [6, 6.07) is 13.5. The number of thiophene rings is 1. The Bertz CT molecular complexity index is 1370. The summed E-state index contributed by atoms with van der Waals surface area (Å²) in [5.41, 5.74) is 1.94. The number of nitrogens with zero attached hydrogens (tertiary/aromatic N) is 1. The van der Waals surface area contributed by atoms with Gasteiger partial charge in [0, 0.05) is 26.1 Å². The van der Waals surface area contributed by atoms with Crippen LogP contribution in [0.5, 0.6) is 11.5 Å². The molecule has 0 aliphatic heterocycles. The van der Waals surface area contributed by atoms with Crippen molar-refractivity contribution in [3.05, 3.63) is 68.3 Å². The molecule has 0 saturated heterocycles. The van der Waals surface area contributed by atoms with E-state index in [-0.39, 0.29) is 5.56 Å². The van der Waals surface area contributed by atoms with Crippen molar-refractivity contribution in [1.29, 1.82) is 0 Å². The van der Waals surface area contributed by atoms with Crippen LogP contribution in [0.1, 0.15) is 30.2 Å². The smallest absolute Gasteiger partial charge is 0.260 e. The molecule has 0 saturated carbocycles. The number of thioether (sulfide) groups is 1. The fourth-order valence-corrected chi connectivity index (χ4v) is 6.30. The van der Waals surface area contributed by atoms with Gasteiger partial charge in [0.2, 0.25) is 0 Å². The fourth-order valence-electron chi connectivity index (χ4n) is 4.19. The Morgan fingerprint density at radius 2 is 1.91 bits per heavy atom. The minimum Gasteiger partial charge on any atom is -0.490 e. The molecular weight excluding hydrogens is 488 g/mol. The Balaban J connectivity index is 1.34. The van der Waals surface area contributed by atoms with E-state index in [0.717, 1.165) is 50.7 Å². The molecule has 5 nitrogen and oxygen atoms in total. The lowest BCUT2D eigenvalue weighted by molar-refractivity contribution is 0.289. The van der Waals surface area contributed by atoms with Gasteiger partial charge in [0.15, 0.2) is 11.5 Å². The van der Waals surface area contributed by atoms with Crippen molar-refractivity contribution in [1.82, 2.24) is 9.97 Å². The molecule has 34 heavy (non-hydrogen) atoms. The van der Waals surface area contributed by atoms with Gasteiger partial charge in [-0.25, -0.2) is 4.98 Å². The van der Waals surface area contributed by atoms with Crippen LogP contribution in [0.2, 0.25) is 5.02 Å². The zero-order valence-electron chi connectivity index (χ0n) is 18.9. The first kappa shape index (κ1) is 23.3. The largest absolute Gasteiger partial charge is 0.490 e. The molecule has 1 N–H and O–H groups in total. The molecule has 4 aromatic rings. The predicted octanol–water partition coefficient (Wildman–Crippen LogP) is 6.75. The third-order valence-corrected chi connectivity index (χ3v) is 8.18. The highest BCUT2D eigenvalue weighted by molar-refractivity contribution is 7.99. The zero-order chi connectivity index (χ0) is 23.5. The molecule has 176 valence electrons. The van der Waals surface area contributed by atoms with E-state index in [1.807, 2.05) is 49.4 Å². The van der Waals surface area contributed by atoms with Crippen LogP contribution in [0.4, 0.5) is 0 Å². The topological polar surface area (TPSA) is 64.2 Å². The second-order valence-corrected chi connectivity index (χ2v) is 10.7. The van der Waals surface area contributed by atoms with Gasteiger partial charge in [-0.3, -0.25) is 4.79 Å². The number of rotatable bonds is 8. The molecule has 0 unspecified atom stereocenters. The van der Waals surface area contributed by atoms with E-state index in [0.29, 0.717) is 30.5 Å². The van der Waals surface area contributed by atoms with Gasteiger partial charge >= 0.3 is 0 Å². The van der Waals surface area contributed by atoms with Gasteiger partial charge in [-0.15, -0.1) is 23.1 Å². The van der Waals surface area contributed by atoms with Crippen LogP contribution in [-0.2, 0) is 12.8 Å². The quantitative estimate of drug-likeness (QED) is 0.209. The monoisotopic (exact) mass is 512 g/mol. The molecular formula is C26H25ClN2O3S2. The Kier molecular flexibility index (Phi) is 7.13. The third-order valence-electron chi connectivity index (χ3n) is 5.77. The molecule has 0 radical (unpaired) electrons. The fraction of sp³-hybridized carbons (Fsp3) is 0.308. The Hall–Kier alpha value is -2.48. The standard InChI is InChI=1S/C26H25ClN2O3S2/c1-2-31-21-15-16(7-12-20(21)32-13-14-33-18-10-8-17(27)9-11-18)24-28-25(30)23-19-5-3-4-6-22(19)34-26(23)29-24/h7-12,15H,2-6,13-14H2,1H3,(H,28,29,30). The number of aromatic nitrogens is 2. The normalized spacial score (nSPS) is 13.1. The summed E-state index contributed by atoms with van der Waals surface area (Å²) in [5.74, 6) is 2.67. The first-order valence-electron chi connectivity index (χ1n) is 11.5. The highest BCUT2D eigenvalue weighted by Crippen LogP contribution is 2.36. The second-order valence-electron chi connectivity index (χ2n) is 8.05. The van der Waals surface area contributed by atoms with E-state index < -0.39 is 0 Å². The molecule has 1 aliphatic carbocycles. The lowest BCUT2D eigenvalue weighted by Crippen LogP contribution is -2.11. The van der Waals surface area contributed by atoms with Gasteiger partial charge in [-0.1, -0.05) is 11.6 Å². The minimum atomic E-state index is -0.0584. The Labute approximate surface area is 211 Å². The molecule has 2 heterocycles. The number of fused-ring (bicyclic) bond motifs is 3. The van der Waals surface area contributed by atoms with Crippen molar-refractivity contribution < 1.29 is 9.47 Å². The highest BCUT2D eigenvalue weighted by atomic mass is 35.5. The van der Waals surface area contributed by atoms with Crippen molar-refractivity contribution in [2.24, 2.45) is 0 Å². The molecule has 5 rings (SSSR count). The van der Waals surface area contributed by atoms with Crippen molar-refractivity contribution in [3.8, 4) is 22.9 Å². The number of aromatic amines is 1. The first-order chi connectivity index (χ1) is 16.6. The average molecular weight is 513 g/mol. The molecule has 0 fully saturated rings. The van der Waals surface area contributed by atoms with E-state index >= 15 is 0 Å². The molecule has 2 aromatic carbocycles. The number of hydrogen-bond acceptors (Lipinski definition) is 6.